The molecule has 0 saturated carbocycles. The van der Waals surface area contributed by atoms with Crippen molar-refractivity contribution in [1.82, 2.24) is 4.98 Å². The molecule has 1 aromatic carbocycles. The Labute approximate surface area is 104 Å². The van der Waals surface area contributed by atoms with Gasteiger partial charge in [-0.25, -0.2) is 8.78 Å². The first kappa shape index (κ1) is 12.3. The van der Waals surface area contributed by atoms with E-state index in [2.05, 4.69) is 10.3 Å². The highest BCUT2D eigenvalue weighted by molar-refractivity contribution is 5.64. The third-order valence-electron chi connectivity index (χ3n) is 2.50. The molecule has 2 aromatic rings. The number of nitrogens with zero attached hydrogens (tertiary/aromatic N) is 1. The number of rotatable bonds is 4. The molecule has 0 amide bonds. The first-order valence-electron chi connectivity index (χ1n) is 5.53. The summed E-state index contributed by atoms with van der Waals surface area (Å²) in [5, 5.41) is 3.09. The number of pyridine rings is 1. The summed E-state index contributed by atoms with van der Waals surface area (Å²) in [6.45, 7) is 0.539. The molecule has 18 heavy (non-hydrogen) atoms. The molecule has 0 atom stereocenters. The monoisotopic (exact) mass is 249 g/mol. The van der Waals surface area contributed by atoms with E-state index < -0.39 is 11.6 Å². The lowest BCUT2D eigenvalue weighted by molar-refractivity contribution is 0.580. The molecule has 5 heteroatoms. The first-order chi connectivity index (χ1) is 8.65. The van der Waals surface area contributed by atoms with Crippen LogP contribution in [-0.4, -0.2) is 11.5 Å². The number of nitrogen functional groups attached to an aromatic ring is 1. The Balaban J connectivity index is 1.94. The largest absolute Gasteiger partial charge is 0.396 e. The maximum absolute atomic E-state index is 13.0. The van der Waals surface area contributed by atoms with Gasteiger partial charge in [0, 0.05) is 18.8 Å². The smallest absolute Gasteiger partial charge is 0.126 e. The number of benzene rings is 1. The van der Waals surface area contributed by atoms with Crippen LogP contribution in [0.15, 0.2) is 36.7 Å². The zero-order valence-corrected chi connectivity index (χ0v) is 9.66. The molecule has 2 rings (SSSR count). The van der Waals surface area contributed by atoms with Gasteiger partial charge in [0.15, 0.2) is 0 Å². The van der Waals surface area contributed by atoms with E-state index in [9.17, 15) is 8.78 Å². The predicted molar refractivity (Wildman–Crippen MR) is 67.2 cm³/mol. The maximum atomic E-state index is 13.0. The van der Waals surface area contributed by atoms with Crippen molar-refractivity contribution in [3.8, 4) is 0 Å². The molecule has 1 aromatic heterocycles. The SMILES string of the molecule is Nc1cnccc1NCCc1cc(F)cc(F)c1. The Kier molecular flexibility index (Phi) is 3.72. The van der Waals surface area contributed by atoms with Crippen LogP contribution >= 0.6 is 0 Å². The van der Waals surface area contributed by atoms with Gasteiger partial charge in [-0.1, -0.05) is 0 Å². The molecule has 0 aliphatic rings. The van der Waals surface area contributed by atoms with Crippen molar-refractivity contribution in [3.63, 3.8) is 0 Å². The van der Waals surface area contributed by atoms with E-state index in [0.29, 0.717) is 24.2 Å². The molecule has 1 heterocycles. The van der Waals surface area contributed by atoms with Gasteiger partial charge in [-0.2, -0.15) is 0 Å². The third-order valence-corrected chi connectivity index (χ3v) is 2.50. The summed E-state index contributed by atoms with van der Waals surface area (Å²) in [6.07, 6.45) is 3.68. The Bertz CT molecular complexity index is 523. The van der Waals surface area contributed by atoms with E-state index in [0.717, 1.165) is 11.8 Å². The quantitative estimate of drug-likeness (QED) is 0.875. The minimum absolute atomic E-state index is 0.510. The van der Waals surface area contributed by atoms with Gasteiger partial charge in [0.25, 0.3) is 0 Å². The molecular weight excluding hydrogens is 236 g/mol. The topological polar surface area (TPSA) is 50.9 Å². The van der Waals surface area contributed by atoms with Crippen molar-refractivity contribution in [2.45, 2.75) is 6.42 Å². The molecular formula is C13H13F2N3. The zero-order valence-electron chi connectivity index (χ0n) is 9.66. The highest BCUT2D eigenvalue weighted by atomic mass is 19.1. The van der Waals surface area contributed by atoms with Gasteiger partial charge in [-0.05, 0) is 30.2 Å². The number of anilines is 2. The summed E-state index contributed by atoms with van der Waals surface area (Å²) in [7, 11) is 0. The van der Waals surface area contributed by atoms with Crippen molar-refractivity contribution < 1.29 is 8.78 Å². The maximum Gasteiger partial charge on any atom is 0.126 e. The Morgan fingerprint density at radius 2 is 1.89 bits per heavy atom. The van der Waals surface area contributed by atoms with Crippen LogP contribution in [0.3, 0.4) is 0 Å². The van der Waals surface area contributed by atoms with E-state index >= 15 is 0 Å². The van der Waals surface area contributed by atoms with Gasteiger partial charge in [0.2, 0.25) is 0 Å². The van der Waals surface area contributed by atoms with Crippen LogP contribution in [0.4, 0.5) is 20.2 Å². The molecule has 0 unspecified atom stereocenters. The molecule has 94 valence electrons. The molecule has 0 saturated heterocycles. The van der Waals surface area contributed by atoms with Gasteiger partial charge in [-0.15, -0.1) is 0 Å². The summed E-state index contributed by atoms with van der Waals surface area (Å²) in [4.78, 5) is 3.87. The van der Waals surface area contributed by atoms with Gasteiger partial charge in [0.05, 0.1) is 17.6 Å². The summed E-state index contributed by atoms with van der Waals surface area (Å²) in [6, 6.07) is 5.25. The lowest BCUT2D eigenvalue weighted by Gasteiger charge is -2.08. The second kappa shape index (κ2) is 5.44. The second-order valence-corrected chi connectivity index (χ2v) is 3.92. The summed E-state index contributed by atoms with van der Waals surface area (Å²) >= 11 is 0. The standard InChI is InChI=1S/C13H13F2N3/c14-10-5-9(6-11(15)7-10)1-4-18-13-2-3-17-8-12(13)16/h2-3,5-8H,1,4,16H2,(H,17,18). The normalized spacial score (nSPS) is 10.3. The van der Waals surface area contributed by atoms with Crippen molar-refractivity contribution >= 4 is 11.4 Å². The van der Waals surface area contributed by atoms with Crippen molar-refractivity contribution in [1.29, 1.82) is 0 Å². The minimum Gasteiger partial charge on any atom is -0.396 e. The van der Waals surface area contributed by atoms with Gasteiger partial charge in [-0.3, -0.25) is 4.98 Å². The van der Waals surface area contributed by atoms with E-state index in [-0.39, 0.29) is 0 Å². The number of hydrogen-bond acceptors (Lipinski definition) is 3. The van der Waals surface area contributed by atoms with E-state index in [1.165, 1.54) is 12.1 Å². The van der Waals surface area contributed by atoms with Crippen LogP contribution in [0.1, 0.15) is 5.56 Å². The zero-order chi connectivity index (χ0) is 13.0. The van der Waals surface area contributed by atoms with Crippen LogP contribution in [0, 0.1) is 11.6 Å². The molecule has 0 bridgehead atoms. The fraction of sp³-hybridized carbons (Fsp3) is 0.154. The fourth-order valence-electron chi connectivity index (χ4n) is 1.66. The Morgan fingerprint density at radius 1 is 1.17 bits per heavy atom. The lowest BCUT2D eigenvalue weighted by Crippen LogP contribution is -2.07. The molecule has 3 nitrogen and oxygen atoms in total. The fourth-order valence-corrected chi connectivity index (χ4v) is 1.66. The van der Waals surface area contributed by atoms with E-state index in [4.69, 9.17) is 5.73 Å². The Hall–Kier alpha value is -2.17. The van der Waals surface area contributed by atoms with Crippen LogP contribution in [-0.2, 0) is 6.42 Å². The third kappa shape index (κ3) is 3.16. The number of aromatic nitrogens is 1. The van der Waals surface area contributed by atoms with Gasteiger partial charge >= 0.3 is 0 Å². The number of hydrogen-bond donors (Lipinski definition) is 2. The average molecular weight is 249 g/mol. The molecule has 0 aliphatic carbocycles. The predicted octanol–water partition coefficient (Wildman–Crippen LogP) is 2.60. The number of halogens is 2. The highest BCUT2D eigenvalue weighted by Gasteiger charge is 2.01. The Morgan fingerprint density at radius 3 is 2.56 bits per heavy atom. The van der Waals surface area contributed by atoms with Crippen molar-refractivity contribution in [2.75, 3.05) is 17.6 Å². The van der Waals surface area contributed by atoms with E-state index in [1.807, 2.05) is 0 Å². The van der Waals surface area contributed by atoms with Crippen LogP contribution in [0.25, 0.3) is 0 Å². The van der Waals surface area contributed by atoms with Gasteiger partial charge < -0.3 is 11.1 Å². The first-order valence-corrected chi connectivity index (χ1v) is 5.53. The van der Waals surface area contributed by atoms with E-state index in [1.54, 1.807) is 18.5 Å². The molecule has 3 N–H and O–H groups in total. The summed E-state index contributed by atoms with van der Waals surface area (Å²) in [5.41, 5.74) is 7.62. The highest BCUT2D eigenvalue weighted by Crippen LogP contribution is 2.15. The summed E-state index contributed by atoms with van der Waals surface area (Å²) < 4.78 is 25.9. The number of nitrogens with two attached hydrogens (primary N) is 1. The van der Waals surface area contributed by atoms with Crippen LogP contribution in [0.5, 0.6) is 0 Å². The lowest BCUT2D eigenvalue weighted by atomic mass is 10.1. The van der Waals surface area contributed by atoms with Gasteiger partial charge in [0.1, 0.15) is 11.6 Å². The summed E-state index contributed by atoms with van der Waals surface area (Å²) in [5.74, 6) is -1.12. The molecule has 0 spiro atoms. The average Bonchev–Trinajstić information content (AvgIpc) is 2.30. The molecule has 0 radical (unpaired) electrons. The minimum atomic E-state index is -0.562. The molecule has 0 aliphatic heterocycles. The second-order valence-electron chi connectivity index (χ2n) is 3.92. The van der Waals surface area contributed by atoms with Crippen LogP contribution < -0.4 is 11.1 Å². The molecule has 0 fully saturated rings. The number of nitrogens with one attached hydrogen (secondary N) is 1. The van der Waals surface area contributed by atoms with Crippen molar-refractivity contribution in [2.24, 2.45) is 0 Å². The van der Waals surface area contributed by atoms with Crippen molar-refractivity contribution in [3.05, 3.63) is 53.9 Å². The van der Waals surface area contributed by atoms with Crippen LogP contribution in [0.2, 0.25) is 0 Å².